The van der Waals surface area contributed by atoms with Gasteiger partial charge in [0.05, 0.1) is 44.6 Å². The number of hydrogen-bond acceptors (Lipinski definition) is 26. The Labute approximate surface area is 658 Å². The van der Waals surface area contributed by atoms with E-state index in [0.717, 1.165) is 41.3 Å². The Bertz CT molecular complexity index is 4710. The number of anilines is 14. The van der Waals surface area contributed by atoms with E-state index in [0.29, 0.717) is 174 Å². The van der Waals surface area contributed by atoms with Gasteiger partial charge in [-0.15, -0.1) is 0 Å². The van der Waals surface area contributed by atoms with Crippen LogP contribution in [0.4, 0.5) is 80.5 Å². The molecule has 0 saturated carbocycles. The second-order valence-corrected chi connectivity index (χ2v) is 25.8. The van der Waals surface area contributed by atoms with Gasteiger partial charge in [0.15, 0.2) is 5.82 Å². The number of amides is 6. The minimum absolute atomic E-state index is 0.102. The number of aliphatic hydroxyl groups excluding tert-OH is 2. The minimum atomic E-state index is -0.474. The second kappa shape index (κ2) is 39.7. The van der Waals surface area contributed by atoms with Crippen molar-refractivity contribution in [2.24, 2.45) is 0 Å². The molecule has 0 radical (unpaired) electrons. The van der Waals surface area contributed by atoms with Crippen LogP contribution in [0.1, 0.15) is 18.1 Å². The molecule has 6 amide bonds. The van der Waals surface area contributed by atoms with Gasteiger partial charge in [0, 0.05) is 179 Å². The fourth-order valence-corrected chi connectivity index (χ4v) is 11.9. The van der Waals surface area contributed by atoms with Crippen molar-refractivity contribution >= 4 is 128 Å². The van der Waals surface area contributed by atoms with Crippen molar-refractivity contribution in [3.05, 3.63) is 200 Å². The van der Waals surface area contributed by atoms with E-state index < -0.39 is 13.2 Å². The van der Waals surface area contributed by atoms with Gasteiger partial charge >= 0.3 is 0 Å². The van der Waals surface area contributed by atoms with Crippen LogP contribution in [0, 0.1) is 13.8 Å². The topological polar surface area (TPSA) is 370 Å². The summed E-state index contributed by atoms with van der Waals surface area (Å²) in [5.74, 6) is 3.60. The highest BCUT2D eigenvalue weighted by Crippen LogP contribution is 2.38. The summed E-state index contributed by atoms with van der Waals surface area (Å²) >= 11 is 6.33. The lowest BCUT2D eigenvalue weighted by Gasteiger charge is -2.36. The molecule has 3 fully saturated rings. The Morgan fingerprint density at radius 3 is 1.15 bits per heavy atom. The maximum absolute atomic E-state index is 11.7. The molecule has 3 aromatic heterocycles. The molecule has 3 aliphatic rings. The van der Waals surface area contributed by atoms with Crippen molar-refractivity contribution < 1.29 is 62.7 Å². The van der Waals surface area contributed by atoms with Gasteiger partial charge in [-0.3, -0.25) is 28.8 Å². The monoisotopic (exact) mass is 1560 g/mol. The second-order valence-electron chi connectivity index (χ2n) is 25.4. The number of nitrogens with one attached hydrogen (secondary N) is 7. The summed E-state index contributed by atoms with van der Waals surface area (Å²) in [5.41, 5.74) is 8.87. The van der Waals surface area contributed by atoms with Gasteiger partial charge in [0.1, 0.15) is 47.0 Å². The average Bonchev–Trinajstić information content (AvgIpc) is 0.824. The molecule has 0 unspecified atom stereocenters. The molecule has 3 saturated heterocycles. The fraction of sp³-hybridized carbons (Fsp3) is 0.250. The largest absolute Gasteiger partial charge is 0.494 e. The molecule has 588 valence electrons. The molecule has 0 aliphatic carbocycles. The lowest BCUT2D eigenvalue weighted by Crippen LogP contribution is -2.49. The maximum atomic E-state index is 11.7. The molecule has 9 aromatic rings. The van der Waals surface area contributed by atoms with Crippen molar-refractivity contribution in [1.82, 2.24) is 44.6 Å². The van der Waals surface area contributed by atoms with Gasteiger partial charge in [0.25, 0.3) is 0 Å². The van der Waals surface area contributed by atoms with Crippen molar-refractivity contribution in [2.75, 3.05) is 165 Å². The lowest BCUT2D eigenvalue weighted by molar-refractivity contribution is -0.135. The zero-order chi connectivity index (χ0) is 80.5. The Morgan fingerprint density at radius 2 is 0.788 bits per heavy atom. The smallest absolute Gasteiger partial charge is 0.248 e. The summed E-state index contributed by atoms with van der Waals surface area (Å²) in [7, 11) is 4.78. The van der Waals surface area contributed by atoms with Crippen LogP contribution in [0.25, 0.3) is 0 Å². The molecular formula is C80H88ClN19O13. The highest BCUT2D eigenvalue weighted by molar-refractivity contribution is 6.33. The first kappa shape index (κ1) is 81.9. The van der Waals surface area contributed by atoms with Gasteiger partial charge in [-0.1, -0.05) is 49.5 Å². The van der Waals surface area contributed by atoms with Crippen LogP contribution in [0.5, 0.6) is 40.5 Å². The summed E-state index contributed by atoms with van der Waals surface area (Å²) in [5, 5.41) is 39.3. The number of carbonyl (C=O) groups is 6. The predicted octanol–water partition coefficient (Wildman–Crippen LogP) is 10.6. The van der Waals surface area contributed by atoms with Crippen LogP contribution in [0.15, 0.2) is 184 Å². The quantitative estimate of drug-likeness (QED) is 0.0227. The zero-order valence-electron chi connectivity index (χ0n) is 63.2. The molecule has 3 aliphatic heterocycles. The van der Waals surface area contributed by atoms with E-state index in [2.05, 4.69) is 102 Å². The highest BCUT2D eigenvalue weighted by Gasteiger charge is 2.26. The molecule has 113 heavy (non-hydrogen) atoms. The van der Waals surface area contributed by atoms with E-state index in [-0.39, 0.29) is 35.4 Å². The van der Waals surface area contributed by atoms with Crippen molar-refractivity contribution in [1.29, 1.82) is 0 Å². The number of aromatic nitrogens is 6. The van der Waals surface area contributed by atoms with Gasteiger partial charge in [-0.25, -0.2) is 15.0 Å². The summed E-state index contributed by atoms with van der Waals surface area (Å²) in [4.78, 5) is 108. The third kappa shape index (κ3) is 22.8. The van der Waals surface area contributed by atoms with Gasteiger partial charge < -0.3 is 101 Å². The predicted molar refractivity (Wildman–Crippen MR) is 435 cm³/mol. The summed E-state index contributed by atoms with van der Waals surface area (Å²) in [6, 6.07) is 38.4. The Hall–Kier alpha value is -13.6. The summed E-state index contributed by atoms with van der Waals surface area (Å²) in [6.45, 7) is 22.4. The van der Waals surface area contributed by atoms with Crippen LogP contribution in [-0.2, 0) is 28.8 Å². The lowest BCUT2D eigenvalue weighted by atomic mass is 10.2. The first-order chi connectivity index (χ1) is 54.6. The first-order valence-electron chi connectivity index (χ1n) is 35.7. The maximum Gasteiger partial charge on any atom is 0.248 e. The molecule has 6 aromatic carbocycles. The number of aliphatic hydroxyl groups is 2. The van der Waals surface area contributed by atoms with Crippen molar-refractivity contribution in [3.63, 3.8) is 0 Å². The Kier molecular flexibility index (Phi) is 28.8. The van der Waals surface area contributed by atoms with Gasteiger partial charge in [-0.2, -0.15) is 15.0 Å². The minimum Gasteiger partial charge on any atom is -0.494 e. The van der Waals surface area contributed by atoms with E-state index in [1.165, 1.54) is 24.4 Å². The van der Waals surface area contributed by atoms with Crippen LogP contribution in [0.3, 0.4) is 0 Å². The molecule has 6 heterocycles. The number of aryl methyl sites for hydroxylation is 2. The van der Waals surface area contributed by atoms with Crippen LogP contribution >= 0.6 is 11.6 Å². The molecule has 32 nitrogen and oxygen atoms in total. The molecule has 0 atom stereocenters. The van der Waals surface area contributed by atoms with Crippen molar-refractivity contribution in [3.8, 4) is 40.5 Å². The van der Waals surface area contributed by atoms with E-state index in [4.69, 9.17) is 45.5 Å². The van der Waals surface area contributed by atoms with Gasteiger partial charge in [0.2, 0.25) is 65.0 Å². The fourth-order valence-electron chi connectivity index (χ4n) is 11.8. The number of hydrogen-bond donors (Lipinski definition) is 9. The number of nitrogens with zero attached hydrogens (tertiary/aromatic N) is 12. The number of halogens is 1. The molecule has 0 spiro atoms. The normalized spacial score (nSPS) is 13.0. The number of ether oxygens (including phenoxy) is 5. The number of rotatable bonds is 26. The average molecular weight is 1560 g/mol. The standard InChI is InChI=1S/C27H30N6O5.C27H30N6O4.C26H28ClN7O4/c1-4-24(35)29-19-6-5-7-21(14-19)38-26-18(2)16-28-27(31-26)30-22-9-8-20(15-23(22)37-3)32-10-12-33(13-11-32)25(36)17-34;1-5-25(35)29-20-7-6-8-22(15-20)37-26-18(2)17-28-27(31-26)30-23-10-9-21(16-24(23)36-4)33-13-11-32(12-14-33)19(3)34;1-3-23(36)29-17-5-4-6-18(13-17)30-25-20(27)15-28-26(32-25)31-21-8-7-19(14-22(21)38-2)33-9-11-34(12-10-33)24(37)16-35/h4-9,14-16,34H,1,10-13,17H2,2-3H3,(H,29,35)(H,28,30,31);5-10,15-17H,1,11-14H2,2-4H3,(H,29,35)(H,28,30,31);3-8,13-15,35H,1,9-12,16H2,2H3,(H,29,36)(H2,28,30,31,32). The number of methoxy groups -OCH3 is 3. The molecule has 0 bridgehead atoms. The highest BCUT2D eigenvalue weighted by atomic mass is 35.5. The Morgan fingerprint density at radius 1 is 0.442 bits per heavy atom. The molecule has 12 rings (SSSR count). The van der Waals surface area contributed by atoms with Crippen LogP contribution < -0.4 is 75.6 Å². The molecule has 9 N–H and O–H groups in total. The molecule has 33 heteroatoms. The van der Waals surface area contributed by atoms with E-state index in [1.807, 2.05) is 79.4 Å². The van der Waals surface area contributed by atoms with E-state index >= 15 is 0 Å². The van der Waals surface area contributed by atoms with Crippen LogP contribution in [0.2, 0.25) is 5.02 Å². The summed E-state index contributed by atoms with van der Waals surface area (Å²) < 4.78 is 28.8. The van der Waals surface area contributed by atoms with E-state index in [9.17, 15) is 28.8 Å². The first-order valence-corrected chi connectivity index (χ1v) is 36.1. The third-order valence-corrected chi connectivity index (χ3v) is 18.1. The number of carbonyl (C=O) groups excluding carboxylic acids is 6. The third-order valence-electron chi connectivity index (χ3n) is 17.8. The number of piperazine rings is 3. The Balaban J connectivity index is 0.000000180. The number of benzene rings is 6. The SMILES string of the molecule is C=CC(=O)Nc1cccc(Nc2nc(Nc3ccc(N4CCN(C(=O)CO)CC4)cc3OC)ncc2Cl)c1.C=CC(=O)Nc1cccc(Oc2nc(Nc3ccc(N4CCN(C(=O)CO)CC4)cc3OC)ncc2C)c1.C=CC(=O)Nc1cccc(Oc2nc(Nc3ccc(N4CCN(C(C)=O)CC4)cc3OC)ncc2C)c1. The van der Waals surface area contributed by atoms with Crippen LogP contribution in [-0.4, -0.2) is 203 Å². The van der Waals surface area contributed by atoms with Crippen molar-refractivity contribution in [2.45, 2.75) is 20.8 Å². The van der Waals surface area contributed by atoms with E-state index in [1.54, 1.807) is 117 Å². The summed E-state index contributed by atoms with van der Waals surface area (Å²) in [6.07, 6.45) is 8.40. The zero-order valence-corrected chi connectivity index (χ0v) is 64.0. The molecular weight excluding hydrogens is 1470 g/mol. The van der Waals surface area contributed by atoms with Gasteiger partial charge in [-0.05, 0) is 111 Å².